The second-order valence-corrected chi connectivity index (χ2v) is 7.71. The maximum absolute atomic E-state index is 13.9. The van der Waals surface area contributed by atoms with E-state index in [0.29, 0.717) is 11.4 Å². The predicted octanol–water partition coefficient (Wildman–Crippen LogP) is 3.91. The highest BCUT2D eigenvalue weighted by Crippen LogP contribution is 2.39. The third-order valence-corrected chi connectivity index (χ3v) is 6.22. The molecule has 0 aliphatic carbocycles. The zero-order valence-corrected chi connectivity index (χ0v) is 15.1. The Morgan fingerprint density at radius 2 is 2.00 bits per heavy atom. The van der Waals surface area contributed by atoms with Crippen LogP contribution < -0.4 is 5.73 Å². The molecule has 1 aliphatic rings. The number of nitrogens with two attached hydrogens (primary N) is 1. The number of benzene rings is 1. The fraction of sp³-hybridized carbons (Fsp3) is 0.300. The lowest BCUT2D eigenvalue weighted by Gasteiger charge is -2.32. The van der Waals surface area contributed by atoms with E-state index in [1.165, 1.54) is 17.4 Å². The van der Waals surface area contributed by atoms with Crippen molar-refractivity contribution in [3.63, 3.8) is 0 Å². The highest BCUT2D eigenvalue weighted by Gasteiger charge is 2.28. The van der Waals surface area contributed by atoms with Gasteiger partial charge in [0.15, 0.2) is 0 Å². The summed E-state index contributed by atoms with van der Waals surface area (Å²) in [5.41, 5.74) is 7.41. The van der Waals surface area contributed by atoms with Crippen molar-refractivity contribution in [3.05, 3.63) is 64.4 Å². The Balaban J connectivity index is 1.53. The summed E-state index contributed by atoms with van der Waals surface area (Å²) in [7, 11) is 0. The van der Waals surface area contributed by atoms with E-state index in [0.717, 1.165) is 47.3 Å². The van der Waals surface area contributed by atoms with E-state index in [1.54, 1.807) is 12.3 Å². The molecule has 4 rings (SSSR count). The number of amides is 1. The number of hydrogen-bond acceptors (Lipinski definition) is 4. The minimum Gasteiger partial charge on any atom is -0.365 e. The SMILES string of the molecule is NC(=O)c1sc2ncccc2c1C1CCN(Cc2ccccc2F)CC1. The van der Waals surface area contributed by atoms with Crippen molar-refractivity contribution in [1.82, 2.24) is 9.88 Å². The Morgan fingerprint density at radius 3 is 2.73 bits per heavy atom. The largest absolute Gasteiger partial charge is 0.365 e. The van der Waals surface area contributed by atoms with Gasteiger partial charge in [-0.3, -0.25) is 9.69 Å². The smallest absolute Gasteiger partial charge is 0.259 e. The van der Waals surface area contributed by atoms with Crippen LogP contribution in [0.2, 0.25) is 0 Å². The van der Waals surface area contributed by atoms with E-state index < -0.39 is 0 Å². The normalized spacial score (nSPS) is 16.2. The third kappa shape index (κ3) is 3.22. The van der Waals surface area contributed by atoms with Crippen molar-refractivity contribution in [1.29, 1.82) is 0 Å². The number of thiophene rings is 1. The van der Waals surface area contributed by atoms with Crippen LogP contribution in [0.25, 0.3) is 10.2 Å². The number of primary amides is 1. The maximum atomic E-state index is 13.9. The van der Waals surface area contributed by atoms with Crippen LogP contribution in [-0.4, -0.2) is 28.9 Å². The molecule has 6 heteroatoms. The first-order chi connectivity index (χ1) is 12.6. The van der Waals surface area contributed by atoms with Crippen LogP contribution in [0.15, 0.2) is 42.6 Å². The topological polar surface area (TPSA) is 59.2 Å². The average molecular weight is 369 g/mol. The van der Waals surface area contributed by atoms with Gasteiger partial charge in [0.1, 0.15) is 10.6 Å². The summed E-state index contributed by atoms with van der Waals surface area (Å²) in [4.78, 5) is 20.1. The number of rotatable bonds is 4. The van der Waals surface area contributed by atoms with Gasteiger partial charge in [-0.25, -0.2) is 9.37 Å². The molecule has 1 fully saturated rings. The molecule has 2 aromatic heterocycles. The number of piperidine rings is 1. The van der Waals surface area contributed by atoms with Gasteiger partial charge in [-0.1, -0.05) is 24.3 Å². The summed E-state index contributed by atoms with van der Waals surface area (Å²) in [6.45, 7) is 2.36. The number of carbonyl (C=O) groups excluding carboxylic acids is 1. The molecule has 4 nitrogen and oxygen atoms in total. The Hall–Kier alpha value is -2.31. The summed E-state index contributed by atoms with van der Waals surface area (Å²) in [6, 6.07) is 10.8. The van der Waals surface area contributed by atoms with Crippen molar-refractivity contribution >= 4 is 27.5 Å². The molecule has 1 aromatic carbocycles. The number of likely N-dealkylation sites (tertiary alicyclic amines) is 1. The molecule has 0 unspecified atom stereocenters. The average Bonchev–Trinajstić information content (AvgIpc) is 3.04. The molecule has 1 aliphatic heterocycles. The molecule has 0 saturated carbocycles. The van der Waals surface area contributed by atoms with Crippen LogP contribution >= 0.6 is 11.3 Å². The highest BCUT2D eigenvalue weighted by atomic mass is 32.1. The van der Waals surface area contributed by atoms with Crippen molar-refractivity contribution in [3.8, 4) is 0 Å². The van der Waals surface area contributed by atoms with Gasteiger partial charge < -0.3 is 5.73 Å². The number of halogens is 1. The molecule has 0 radical (unpaired) electrons. The van der Waals surface area contributed by atoms with E-state index in [9.17, 15) is 9.18 Å². The molecule has 3 heterocycles. The van der Waals surface area contributed by atoms with Gasteiger partial charge >= 0.3 is 0 Å². The number of nitrogens with zero attached hydrogens (tertiary/aromatic N) is 2. The lowest BCUT2D eigenvalue weighted by Crippen LogP contribution is -2.33. The molecule has 0 atom stereocenters. The number of carbonyl (C=O) groups is 1. The molecule has 1 saturated heterocycles. The first kappa shape index (κ1) is 17.1. The Morgan fingerprint density at radius 1 is 1.23 bits per heavy atom. The van der Waals surface area contributed by atoms with Crippen molar-refractivity contribution in [2.24, 2.45) is 5.73 Å². The van der Waals surface area contributed by atoms with E-state index >= 15 is 0 Å². The van der Waals surface area contributed by atoms with Crippen LogP contribution in [0.5, 0.6) is 0 Å². The lowest BCUT2D eigenvalue weighted by atomic mass is 9.87. The Kier molecular flexibility index (Phi) is 4.70. The zero-order valence-electron chi connectivity index (χ0n) is 14.3. The molecular formula is C20H20FN3OS. The van der Waals surface area contributed by atoms with Gasteiger partial charge in [-0.15, -0.1) is 11.3 Å². The predicted molar refractivity (Wildman–Crippen MR) is 102 cm³/mol. The second-order valence-electron chi connectivity index (χ2n) is 6.71. The molecule has 1 amide bonds. The van der Waals surface area contributed by atoms with Gasteiger partial charge in [-0.2, -0.15) is 0 Å². The molecule has 3 aromatic rings. The van der Waals surface area contributed by atoms with Crippen molar-refractivity contribution < 1.29 is 9.18 Å². The van der Waals surface area contributed by atoms with Gasteiger partial charge in [0.05, 0.1) is 4.88 Å². The minimum absolute atomic E-state index is 0.152. The molecule has 0 bridgehead atoms. The summed E-state index contributed by atoms with van der Waals surface area (Å²) in [5.74, 6) is -0.246. The van der Waals surface area contributed by atoms with Crippen LogP contribution in [0, 0.1) is 5.82 Å². The van der Waals surface area contributed by atoms with Gasteiger partial charge in [-0.05, 0) is 49.5 Å². The van der Waals surface area contributed by atoms with Crippen LogP contribution in [0.3, 0.4) is 0 Å². The molecule has 26 heavy (non-hydrogen) atoms. The van der Waals surface area contributed by atoms with E-state index in [1.807, 2.05) is 24.3 Å². The minimum atomic E-state index is -0.378. The van der Waals surface area contributed by atoms with Crippen LogP contribution in [-0.2, 0) is 6.54 Å². The zero-order chi connectivity index (χ0) is 18.1. The third-order valence-electron chi connectivity index (χ3n) is 5.08. The van der Waals surface area contributed by atoms with Gasteiger partial charge in [0.25, 0.3) is 5.91 Å². The number of pyridine rings is 1. The summed E-state index contributed by atoms with van der Waals surface area (Å²) in [5, 5.41) is 1.04. The standard InChI is InChI=1S/C20H20FN3OS/c21-16-6-2-1-4-14(16)12-24-10-7-13(8-11-24)17-15-5-3-9-23-20(15)26-18(17)19(22)25/h1-6,9,13H,7-8,10-12H2,(H2,22,25). The van der Waals surface area contributed by atoms with Crippen LogP contribution in [0.1, 0.15) is 39.6 Å². The van der Waals surface area contributed by atoms with Crippen molar-refractivity contribution in [2.75, 3.05) is 13.1 Å². The monoisotopic (exact) mass is 369 g/mol. The van der Waals surface area contributed by atoms with E-state index in [4.69, 9.17) is 5.73 Å². The molecular weight excluding hydrogens is 349 g/mol. The Labute approximate surface area is 155 Å². The molecule has 2 N–H and O–H groups in total. The summed E-state index contributed by atoms with van der Waals surface area (Å²) >= 11 is 1.38. The van der Waals surface area contributed by atoms with Gasteiger partial charge in [0, 0.05) is 23.7 Å². The number of aromatic nitrogens is 1. The first-order valence-corrected chi connectivity index (χ1v) is 9.58. The van der Waals surface area contributed by atoms with Crippen molar-refractivity contribution in [2.45, 2.75) is 25.3 Å². The summed E-state index contributed by atoms with van der Waals surface area (Å²) < 4.78 is 13.9. The fourth-order valence-corrected chi connectivity index (χ4v) is 4.87. The highest BCUT2D eigenvalue weighted by molar-refractivity contribution is 7.20. The lowest BCUT2D eigenvalue weighted by molar-refractivity contribution is 0.100. The number of hydrogen-bond donors (Lipinski definition) is 1. The fourth-order valence-electron chi connectivity index (χ4n) is 3.79. The van der Waals surface area contributed by atoms with Crippen LogP contribution in [0.4, 0.5) is 4.39 Å². The molecule has 134 valence electrons. The summed E-state index contributed by atoms with van der Waals surface area (Å²) in [6.07, 6.45) is 3.59. The molecule has 0 spiro atoms. The second kappa shape index (κ2) is 7.13. The quantitative estimate of drug-likeness (QED) is 0.758. The van der Waals surface area contributed by atoms with Gasteiger partial charge in [0.2, 0.25) is 0 Å². The number of fused-ring (bicyclic) bond motifs is 1. The maximum Gasteiger partial charge on any atom is 0.259 e. The Bertz CT molecular complexity index is 947. The van der Waals surface area contributed by atoms with E-state index in [-0.39, 0.29) is 17.6 Å². The van der Waals surface area contributed by atoms with E-state index in [2.05, 4.69) is 9.88 Å². The first-order valence-electron chi connectivity index (χ1n) is 8.76.